The fourth-order valence-corrected chi connectivity index (χ4v) is 2.79. The van der Waals surface area contributed by atoms with Gasteiger partial charge in [-0.15, -0.1) is 0 Å². The van der Waals surface area contributed by atoms with Crippen molar-refractivity contribution >= 4 is 17.4 Å². The molecule has 0 radical (unpaired) electrons. The average Bonchev–Trinajstić information content (AvgIpc) is 3.12. The van der Waals surface area contributed by atoms with E-state index in [1.54, 1.807) is 17.1 Å². The van der Waals surface area contributed by atoms with E-state index >= 15 is 0 Å². The Morgan fingerprint density at radius 3 is 3.05 bits per heavy atom. The lowest BCUT2D eigenvalue weighted by molar-refractivity contribution is 0.318. The molecule has 22 heavy (non-hydrogen) atoms. The van der Waals surface area contributed by atoms with Crippen LogP contribution in [0.3, 0.4) is 0 Å². The maximum absolute atomic E-state index is 8.93. The van der Waals surface area contributed by atoms with Crippen LogP contribution in [-0.4, -0.2) is 35.4 Å². The van der Waals surface area contributed by atoms with E-state index in [-0.39, 0.29) is 5.84 Å². The molecular formula is C13H10ClN7O. The summed E-state index contributed by atoms with van der Waals surface area (Å²) in [6.07, 6.45) is 3.11. The molecule has 2 aromatic heterocycles. The molecule has 0 saturated heterocycles. The van der Waals surface area contributed by atoms with Gasteiger partial charge >= 0.3 is 0 Å². The van der Waals surface area contributed by atoms with Crippen LogP contribution in [0.5, 0.6) is 0 Å². The first kappa shape index (κ1) is 12.8. The smallest absolute Gasteiger partial charge is 0.190 e. The second kappa shape index (κ2) is 4.57. The molecule has 0 unspecified atom stereocenters. The van der Waals surface area contributed by atoms with Crippen LogP contribution in [0.1, 0.15) is 11.4 Å². The number of amidine groups is 1. The Morgan fingerprint density at radius 1 is 1.36 bits per heavy atom. The second-order valence-corrected chi connectivity index (χ2v) is 5.23. The Labute approximate surface area is 129 Å². The summed E-state index contributed by atoms with van der Waals surface area (Å²) in [4.78, 5) is 8.55. The van der Waals surface area contributed by atoms with E-state index in [1.807, 2.05) is 16.7 Å². The zero-order valence-corrected chi connectivity index (χ0v) is 11.9. The maximum atomic E-state index is 8.93. The number of benzene rings is 1. The monoisotopic (exact) mass is 315 g/mol. The number of rotatable bonds is 1. The van der Waals surface area contributed by atoms with Gasteiger partial charge in [0.05, 0.1) is 17.9 Å². The maximum Gasteiger partial charge on any atom is 0.190 e. The van der Waals surface area contributed by atoms with Crippen molar-refractivity contribution in [2.24, 2.45) is 10.9 Å². The Bertz CT molecular complexity index is 911. The molecule has 0 bridgehead atoms. The van der Waals surface area contributed by atoms with Crippen LogP contribution >= 0.6 is 11.6 Å². The van der Waals surface area contributed by atoms with Crippen molar-refractivity contribution < 1.29 is 5.21 Å². The van der Waals surface area contributed by atoms with Gasteiger partial charge in [0.2, 0.25) is 0 Å². The predicted octanol–water partition coefficient (Wildman–Crippen LogP) is 1.24. The van der Waals surface area contributed by atoms with Gasteiger partial charge in [0.25, 0.3) is 0 Å². The minimum Gasteiger partial charge on any atom is -0.409 e. The third-order valence-corrected chi connectivity index (χ3v) is 3.83. The summed E-state index contributed by atoms with van der Waals surface area (Å²) < 4.78 is 3.60. The molecule has 3 aromatic rings. The third-order valence-electron chi connectivity index (χ3n) is 3.59. The summed E-state index contributed by atoms with van der Waals surface area (Å²) in [6.45, 7) is 0.396. The topological polar surface area (TPSA) is 107 Å². The molecule has 1 aliphatic rings. The molecule has 0 fully saturated rings. The highest BCUT2D eigenvalue weighted by molar-refractivity contribution is 6.31. The molecule has 0 saturated carbocycles. The molecule has 0 aliphatic carbocycles. The normalized spacial score (nSPS) is 13.2. The summed E-state index contributed by atoms with van der Waals surface area (Å²) >= 11 is 6.11. The highest BCUT2D eigenvalue weighted by Gasteiger charge is 2.25. The Morgan fingerprint density at radius 2 is 2.23 bits per heavy atom. The van der Waals surface area contributed by atoms with Crippen molar-refractivity contribution in [1.82, 2.24) is 24.3 Å². The van der Waals surface area contributed by atoms with Crippen LogP contribution in [0.25, 0.3) is 17.1 Å². The quantitative estimate of drug-likeness (QED) is 0.238. The van der Waals surface area contributed by atoms with Crippen molar-refractivity contribution in [2.45, 2.75) is 6.54 Å². The van der Waals surface area contributed by atoms with Gasteiger partial charge in [-0.2, -0.15) is 5.10 Å². The van der Waals surface area contributed by atoms with E-state index in [9.17, 15) is 0 Å². The molecule has 0 spiro atoms. The average molecular weight is 316 g/mol. The molecule has 8 nitrogen and oxygen atoms in total. The van der Waals surface area contributed by atoms with Gasteiger partial charge in [-0.05, 0) is 18.2 Å². The minimum absolute atomic E-state index is 0.0483. The number of nitrogens with zero attached hydrogens (tertiary/aromatic N) is 6. The number of hydrogen-bond donors (Lipinski definition) is 2. The highest BCUT2D eigenvalue weighted by atomic mass is 35.5. The zero-order chi connectivity index (χ0) is 15.3. The number of fused-ring (bicyclic) bond motifs is 5. The summed E-state index contributed by atoms with van der Waals surface area (Å²) in [5.74, 6) is 0.652. The van der Waals surface area contributed by atoms with E-state index < -0.39 is 0 Å². The third kappa shape index (κ3) is 1.70. The fraction of sp³-hybridized carbons (Fsp3) is 0.0769. The van der Waals surface area contributed by atoms with E-state index in [1.165, 1.54) is 6.33 Å². The van der Waals surface area contributed by atoms with Gasteiger partial charge in [-0.1, -0.05) is 16.8 Å². The Hall–Kier alpha value is -2.87. The second-order valence-electron chi connectivity index (χ2n) is 4.80. The Balaban J connectivity index is 2.06. The SMILES string of the molecule is NC(=NO)c1ncn2c1Cn1ncnc1-c1cc(Cl)ccc1-2. The molecule has 0 amide bonds. The predicted molar refractivity (Wildman–Crippen MR) is 79.2 cm³/mol. The lowest BCUT2D eigenvalue weighted by Gasteiger charge is -2.08. The van der Waals surface area contributed by atoms with Gasteiger partial charge in [-0.3, -0.25) is 4.57 Å². The number of halogens is 1. The van der Waals surface area contributed by atoms with E-state index in [0.29, 0.717) is 23.1 Å². The lowest BCUT2D eigenvalue weighted by Crippen LogP contribution is -2.18. The first-order valence-electron chi connectivity index (χ1n) is 6.41. The standard InChI is InChI=1S/C13H10ClN7O/c14-7-1-2-9-8(3-7)13-16-5-18-21(13)4-10-11(12(15)19-22)17-6-20(9)10/h1-3,5-6,22H,4H2,(H2,15,19). The number of oxime groups is 1. The largest absolute Gasteiger partial charge is 0.409 e. The van der Waals surface area contributed by atoms with Crippen molar-refractivity contribution in [3.8, 4) is 17.1 Å². The first-order valence-corrected chi connectivity index (χ1v) is 6.79. The van der Waals surface area contributed by atoms with Gasteiger partial charge in [0, 0.05) is 10.6 Å². The van der Waals surface area contributed by atoms with Crippen molar-refractivity contribution in [3.05, 3.63) is 47.3 Å². The van der Waals surface area contributed by atoms with E-state index in [0.717, 1.165) is 16.9 Å². The molecule has 1 aliphatic heterocycles. The van der Waals surface area contributed by atoms with Crippen molar-refractivity contribution in [2.75, 3.05) is 0 Å². The van der Waals surface area contributed by atoms with Gasteiger partial charge in [0.15, 0.2) is 11.7 Å². The lowest BCUT2D eigenvalue weighted by atomic mass is 10.1. The van der Waals surface area contributed by atoms with E-state index in [4.69, 9.17) is 22.5 Å². The van der Waals surface area contributed by atoms with Crippen molar-refractivity contribution in [3.63, 3.8) is 0 Å². The Kier molecular flexibility index (Phi) is 2.67. The van der Waals surface area contributed by atoms with Crippen LogP contribution in [0.2, 0.25) is 5.02 Å². The van der Waals surface area contributed by atoms with Gasteiger partial charge in [0.1, 0.15) is 18.3 Å². The summed E-state index contributed by atoms with van der Waals surface area (Å²) in [5, 5.41) is 16.8. The number of hydrogen-bond acceptors (Lipinski definition) is 5. The molecule has 4 rings (SSSR count). The molecule has 110 valence electrons. The number of aromatic nitrogens is 5. The van der Waals surface area contributed by atoms with Crippen LogP contribution < -0.4 is 5.73 Å². The van der Waals surface area contributed by atoms with Crippen LogP contribution in [0.15, 0.2) is 36.0 Å². The molecule has 3 N–H and O–H groups in total. The number of imidazole rings is 1. The summed E-state index contributed by atoms with van der Waals surface area (Å²) in [7, 11) is 0. The fourth-order valence-electron chi connectivity index (χ4n) is 2.62. The molecular weight excluding hydrogens is 306 g/mol. The molecule has 1 aromatic carbocycles. The summed E-state index contributed by atoms with van der Waals surface area (Å²) in [5.41, 5.74) is 8.57. The number of nitrogens with two attached hydrogens (primary N) is 1. The zero-order valence-electron chi connectivity index (χ0n) is 11.2. The van der Waals surface area contributed by atoms with Crippen LogP contribution in [-0.2, 0) is 6.54 Å². The van der Waals surface area contributed by atoms with Crippen LogP contribution in [0.4, 0.5) is 0 Å². The minimum atomic E-state index is -0.0483. The van der Waals surface area contributed by atoms with Crippen LogP contribution in [0, 0.1) is 0 Å². The van der Waals surface area contributed by atoms with Gasteiger partial charge < -0.3 is 10.9 Å². The molecule has 9 heteroatoms. The first-order chi connectivity index (χ1) is 10.7. The van der Waals surface area contributed by atoms with E-state index in [2.05, 4.69) is 20.2 Å². The summed E-state index contributed by atoms with van der Waals surface area (Å²) in [6, 6.07) is 5.50. The van der Waals surface area contributed by atoms with Gasteiger partial charge in [-0.25, -0.2) is 14.6 Å². The van der Waals surface area contributed by atoms with Crippen molar-refractivity contribution in [1.29, 1.82) is 0 Å². The molecule has 0 atom stereocenters. The molecule has 3 heterocycles. The highest BCUT2D eigenvalue weighted by Crippen LogP contribution is 2.32.